The highest BCUT2D eigenvalue weighted by Crippen LogP contribution is 2.14. The fourth-order valence-corrected chi connectivity index (χ4v) is 0.970. The average Bonchev–Trinajstić information content (AvgIpc) is 2.07. The van der Waals surface area contributed by atoms with Crippen molar-refractivity contribution < 1.29 is 5.11 Å². The molecule has 1 aromatic heterocycles. The molecule has 0 unspecified atom stereocenters. The van der Waals surface area contributed by atoms with Crippen molar-refractivity contribution in [3.05, 3.63) is 26.6 Å². The van der Waals surface area contributed by atoms with Gasteiger partial charge in [-0.2, -0.15) is 5.10 Å². The highest BCUT2D eigenvalue weighted by Gasteiger charge is 2.05. The predicted octanol–water partition coefficient (Wildman–Crippen LogP) is 0.542. The summed E-state index contributed by atoms with van der Waals surface area (Å²) in [4.78, 5) is 11.2. The van der Waals surface area contributed by atoms with E-state index in [1.54, 1.807) is 0 Å². The zero-order valence-electron chi connectivity index (χ0n) is 6.00. The van der Waals surface area contributed by atoms with Gasteiger partial charge in [-0.05, 0) is 0 Å². The molecule has 0 atom stereocenters. The Morgan fingerprint density at radius 1 is 1.58 bits per heavy atom. The fraction of sp³-hybridized carbons (Fsp3) is 0.333. The van der Waals surface area contributed by atoms with Crippen LogP contribution < -0.4 is 5.56 Å². The Kier molecular flexibility index (Phi) is 3.08. The zero-order chi connectivity index (χ0) is 9.14. The lowest BCUT2D eigenvalue weighted by molar-refractivity contribution is 0.266. The molecule has 0 amide bonds. The van der Waals surface area contributed by atoms with Crippen LogP contribution in [0.15, 0.2) is 11.0 Å². The molecular weight excluding hydrogens is 203 g/mol. The normalized spacial score (nSPS) is 10.2. The van der Waals surface area contributed by atoms with Crippen molar-refractivity contribution in [2.75, 3.05) is 6.61 Å². The molecule has 1 aromatic rings. The number of aromatic nitrogens is 2. The molecule has 0 aromatic carbocycles. The van der Waals surface area contributed by atoms with Gasteiger partial charge >= 0.3 is 0 Å². The van der Waals surface area contributed by atoms with E-state index >= 15 is 0 Å². The van der Waals surface area contributed by atoms with Gasteiger partial charge in [0, 0.05) is 0 Å². The van der Waals surface area contributed by atoms with Gasteiger partial charge in [-0.15, -0.1) is 0 Å². The fourth-order valence-electron chi connectivity index (χ4n) is 0.699. The number of halogens is 2. The minimum absolute atomic E-state index is 0.0693. The Labute approximate surface area is 78.3 Å². The van der Waals surface area contributed by atoms with Crippen LogP contribution in [-0.4, -0.2) is 21.5 Å². The minimum atomic E-state index is -0.488. The van der Waals surface area contributed by atoms with Crippen LogP contribution >= 0.6 is 23.2 Å². The smallest absolute Gasteiger partial charge is 0.287 e. The molecule has 0 saturated heterocycles. The molecule has 0 spiro atoms. The summed E-state index contributed by atoms with van der Waals surface area (Å²) in [5.41, 5.74) is -0.488. The van der Waals surface area contributed by atoms with Gasteiger partial charge in [0.05, 0.1) is 24.4 Å². The number of nitrogens with zero attached hydrogens (tertiary/aromatic N) is 2. The first kappa shape index (κ1) is 9.51. The number of aliphatic hydroxyl groups is 1. The molecule has 0 bridgehead atoms. The van der Waals surface area contributed by atoms with Gasteiger partial charge in [0.1, 0.15) is 5.02 Å². The first-order chi connectivity index (χ1) is 5.66. The van der Waals surface area contributed by atoms with E-state index in [-0.39, 0.29) is 23.2 Å². The van der Waals surface area contributed by atoms with E-state index in [0.29, 0.717) is 0 Å². The van der Waals surface area contributed by atoms with Crippen LogP contribution in [0.5, 0.6) is 0 Å². The molecule has 1 heterocycles. The third kappa shape index (κ3) is 1.77. The average molecular weight is 209 g/mol. The maximum absolute atomic E-state index is 11.2. The first-order valence-corrected chi connectivity index (χ1v) is 3.94. The van der Waals surface area contributed by atoms with Gasteiger partial charge < -0.3 is 5.11 Å². The molecule has 0 saturated carbocycles. The molecule has 0 fully saturated rings. The van der Waals surface area contributed by atoms with E-state index in [4.69, 9.17) is 28.3 Å². The lowest BCUT2D eigenvalue weighted by atomic mass is 10.5. The summed E-state index contributed by atoms with van der Waals surface area (Å²) in [6.45, 7) is -0.0411. The van der Waals surface area contributed by atoms with Crippen molar-refractivity contribution in [2.24, 2.45) is 0 Å². The second-order valence-corrected chi connectivity index (χ2v) is 2.84. The second-order valence-electron chi connectivity index (χ2n) is 2.06. The number of aliphatic hydroxyl groups excluding tert-OH is 1. The van der Waals surface area contributed by atoms with Gasteiger partial charge in [-0.1, -0.05) is 23.2 Å². The SMILES string of the molecule is O=c1c(Cl)c(Cl)cnn1CCO. The Bertz CT molecular complexity index is 337. The van der Waals surface area contributed by atoms with Crippen LogP contribution in [0.4, 0.5) is 0 Å². The van der Waals surface area contributed by atoms with E-state index < -0.39 is 5.56 Å². The van der Waals surface area contributed by atoms with Crippen molar-refractivity contribution in [1.82, 2.24) is 9.78 Å². The topological polar surface area (TPSA) is 55.1 Å². The molecule has 1 N–H and O–H groups in total. The maximum Gasteiger partial charge on any atom is 0.287 e. The standard InChI is InChI=1S/C6H6Cl2N2O2/c7-4-3-9-10(1-2-11)6(12)5(4)8/h3,11H,1-2H2. The van der Waals surface area contributed by atoms with E-state index in [9.17, 15) is 4.79 Å². The highest BCUT2D eigenvalue weighted by molar-refractivity contribution is 6.41. The number of hydrogen-bond acceptors (Lipinski definition) is 3. The highest BCUT2D eigenvalue weighted by atomic mass is 35.5. The summed E-state index contributed by atoms with van der Waals surface area (Å²) in [6, 6.07) is 0. The van der Waals surface area contributed by atoms with E-state index in [1.165, 1.54) is 6.20 Å². The molecule has 0 aliphatic rings. The van der Waals surface area contributed by atoms with Crippen molar-refractivity contribution >= 4 is 23.2 Å². The van der Waals surface area contributed by atoms with Crippen LogP contribution in [0.3, 0.4) is 0 Å². The minimum Gasteiger partial charge on any atom is -0.394 e. The summed E-state index contributed by atoms with van der Waals surface area (Å²) in [5, 5.41) is 12.2. The predicted molar refractivity (Wildman–Crippen MR) is 45.6 cm³/mol. The molecule has 0 aliphatic heterocycles. The van der Waals surface area contributed by atoms with Gasteiger partial charge in [-0.25, -0.2) is 4.68 Å². The van der Waals surface area contributed by atoms with Crippen LogP contribution in [0, 0.1) is 0 Å². The Morgan fingerprint density at radius 2 is 2.25 bits per heavy atom. The molecule has 0 radical (unpaired) electrons. The van der Waals surface area contributed by atoms with Crippen LogP contribution in [0.2, 0.25) is 10.0 Å². The van der Waals surface area contributed by atoms with Gasteiger partial charge in [-0.3, -0.25) is 4.79 Å². The summed E-state index contributed by atoms with van der Waals surface area (Å²) in [5.74, 6) is 0. The Morgan fingerprint density at radius 3 is 2.83 bits per heavy atom. The van der Waals surface area contributed by atoms with Crippen molar-refractivity contribution in [1.29, 1.82) is 0 Å². The molecule has 0 aliphatic carbocycles. The summed E-state index contributed by atoms with van der Waals surface area (Å²) >= 11 is 11.0. The third-order valence-corrected chi connectivity index (χ3v) is 2.00. The molecule has 12 heavy (non-hydrogen) atoms. The summed E-state index contributed by atoms with van der Waals surface area (Å²) in [6.07, 6.45) is 1.26. The quantitative estimate of drug-likeness (QED) is 0.773. The monoisotopic (exact) mass is 208 g/mol. The van der Waals surface area contributed by atoms with Crippen molar-refractivity contribution in [3.8, 4) is 0 Å². The molecule has 66 valence electrons. The zero-order valence-corrected chi connectivity index (χ0v) is 7.51. The molecular formula is C6H6Cl2N2O2. The van der Waals surface area contributed by atoms with Crippen LogP contribution in [0.25, 0.3) is 0 Å². The summed E-state index contributed by atoms with van der Waals surface area (Å²) < 4.78 is 1.05. The maximum atomic E-state index is 11.2. The third-order valence-electron chi connectivity index (χ3n) is 1.25. The Balaban J connectivity index is 3.18. The lowest BCUT2D eigenvalue weighted by Crippen LogP contribution is -2.24. The molecule has 1 rings (SSSR count). The van der Waals surface area contributed by atoms with E-state index in [2.05, 4.69) is 5.10 Å². The molecule has 6 heteroatoms. The van der Waals surface area contributed by atoms with E-state index in [1.807, 2.05) is 0 Å². The summed E-state index contributed by atoms with van der Waals surface area (Å²) in [7, 11) is 0. The number of rotatable bonds is 2. The van der Waals surface area contributed by atoms with E-state index in [0.717, 1.165) is 4.68 Å². The molecule has 4 nitrogen and oxygen atoms in total. The number of hydrogen-bond donors (Lipinski definition) is 1. The Hall–Kier alpha value is -0.580. The van der Waals surface area contributed by atoms with Crippen molar-refractivity contribution in [2.45, 2.75) is 6.54 Å². The first-order valence-electron chi connectivity index (χ1n) is 3.19. The second kappa shape index (κ2) is 3.89. The van der Waals surface area contributed by atoms with Crippen LogP contribution in [0.1, 0.15) is 0 Å². The van der Waals surface area contributed by atoms with Crippen molar-refractivity contribution in [3.63, 3.8) is 0 Å². The lowest BCUT2D eigenvalue weighted by Gasteiger charge is -2.01. The largest absolute Gasteiger partial charge is 0.394 e. The van der Waals surface area contributed by atoms with Gasteiger partial charge in [0.15, 0.2) is 0 Å². The van der Waals surface area contributed by atoms with Gasteiger partial charge in [0.2, 0.25) is 0 Å². The van der Waals surface area contributed by atoms with Crippen LogP contribution in [-0.2, 0) is 6.54 Å². The van der Waals surface area contributed by atoms with Gasteiger partial charge in [0.25, 0.3) is 5.56 Å².